The predicted molar refractivity (Wildman–Crippen MR) is 250 cm³/mol. The first-order valence-corrected chi connectivity index (χ1v) is 24.1. The lowest BCUT2D eigenvalue weighted by Gasteiger charge is -2.29. The van der Waals surface area contributed by atoms with Crippen LogP contribution < -0.4 is 24.8 Å². The van der Waals surface area contributed by atoms with Gasteiger partial charge in [-0.15, -0.1) is 0 Å². The second-order valence-electron chi connectivity index (χ2n) is 18.3. The van der Waals surface area contributed by atoms with Crippen molar-refractivity contribution in [1.82, 2.24) is 19.6 Å². The third-order valence-corrected chi connectivity index (χ3v) is 13.2. The molecule has 4 aliphatic rings. The molecule has 0 atom stereocenters. The molecule has 2 aliphatic carbocycles. The van der Waals surface area contributed by atoms with Crippen LogP contribution in [0, 0.1) is 11.8 Å². The standard InChI is InChI=1S/C26H40N2O2.C20H30O2.C6H12N2O.2ClH/c1-3-4-5-6-7-8-22-9-11-23(12-10-22)24-13-15-25(16-14-24)26(29)30-20-19-28-18-17-27(2)21-28;1-2-3-4-5-6-7-16-8-10-17(11-9-16)18-12-14-19(15-13-18)20(21)22;1-7-2-3-8(6-7)4-5-9;;/h13-18,22-23H,3-12,19-21H2,1-2H3;12-17H,2-11H2,1H3,(H,21,22);2-3,9H,4-6H2,1H3;2*1H/p-2. The Hall–Kier alpha value is -3.40. The number of hydrogen-bond donors (Lipinski definition) is 2. The normalized spacial score (nSPS) is 20.2. The maximum Gasteiger partial charge on any atom is 0.338 e. The Morgan fingerprint density at radius 1 is 0.571 bits per heavy atom. The fraction of sp³-hybridized carbons (Fsp3) is 0.654. The minimum atomic E-state index is -0.835. The molecule has 6 rings (SSSR count). The van der Waals surface area contributed by atoms with Crippen LogP contribution in [-0.2, 0) is 4.74 Å². The number of benzene rings is 2. The molecular formula is C52H82Cl2N4O5-2. The van der Waals surface area contributed by atoms with Gasteiger partial charge in [-0.1, -0.05) is 115 Å². The molecule has 0 bridgehead atoms. The SMILES string of the molecule is CCCCCCCC1CCC(c2ccc(C(=O)O)cc2)CC1.CCCCCCCC1CCC(c2ccc(C(=O)OCCN3C=CN(C)C3)cc2)CC1.CN1C=CN(CCO)C1.[Cl-].[Cl-]. The maximum absolute atomic E-state index is 12.3. The molecule has 2 heterocycles. The van der Waals surface area contributed by atoms with E-state index in [0.717, 1.165) is 38.3 Å². The molecule has 2 aliphatic heterocycles. The van der Waals surface area contributed by atoms with Crippen LogP contribution in [0.4, 0.5) is 0 Å². The van der Waals surface area contributed by atoms with E-state index < -0.39 is 5.97 Å². The van der Waals surface area contributed by atoms with Crippen LogP contribution in [0.3, 0.4) is 0 Å². The number of carboxylic acid groups (broad SMARTS) is 1. The van der Waals surface area contributed by atoms with Gasteiger partial charge in [0.2, 0.25) is 0 Å². The number of aliphatic hydroxyl groups excluding tert-OH is 1. The highest BCUT2D eigenvalue weighted by Crippen LogP contribution is 2.39. The van der Waals surface area contributed by atoms with Gasteiger partial charge in [-0.2, -0.15) is 0 Å². The van der Waals surface area contributed by atoms with Gasteiger partial charge in [0.25, 0.3) is 0 Å². The van der Waals surface area contributed by atoms with E-state index in [2.05, 4.69) is 45.6 Å². The fourth-order valence-corrected chi connectivity index (χ4v) is 9.37. The third-order valence-electron chi connectivity index (χ3n) is 13.2. The van der Waals surface area contributed by atoms with Crippen molar-refractivity contribution in [3.05, 3.63) is 95.6 Å². The highest BCUT2D eigenvalue weighted by Gasteiger charge is 2.24. The summed E-state index contributed by atoms with van der Waals surface area (Å²) in [7, 11) is 4.04. The van der Waals surface area contributed by atoms with Gasteiger partial charge < -0.3 is 59.4 Å². The molecule has 0 saturated heterocycles. The molecule has 11 heteroatoms. The Balaban J connectivity index is 0.000000362. The number of unbranched alkanes of at least 4 members (excludes halogenated alkanes) is 8. The van der Waals surface area contributed by atoms with Gasteiger partial charge in [-0.05, 0) is 110 Å². The molecule has 63 heavy (non-hydrogen) atoms. The van der Waals surface area contributed by atoms with E-state index in [1.54, 1.807) is 12.1 Å². The summed E-state index contributed by atoms with van der Waals surface area (Å²) in [5, 5.41) is 17.5. The molecule has 0 radical (unpaired) electrons. The van der Waals surface area contributed by atoms with Crippen molar-refractivity contribution >= 4 is 11.9 Å². The summed E-state index contributed by atoms with van der Waals surface area (Å²) in [6.45, 7) is 8.42. The van der Waals surface area contributed by atoms with Crippen LogP contribution in [0.2, 0.25) is 0 Å². The van der Waals surface area contributed by atoms with Gasteiger partial charge in [0, 0.05) is 45.4 Å². The average Bonchev–Trinajstić information content (AvgIpc) is 3.90. The molecule has 2 aromatic carbocycles. The second kappa shape index (κ2) is 32.3. The van der Waals surface area contributed by atoms with E-state index in [1.165, 1.54) is 140 Å². The first kappa shape index (κ1) is 55.7. The average molecular weight is 914 g/mol. The summed E-state index contributed by atoms with van der Waals surface area (Å²) in [5.74, 6) is 2.10. The molecule has 0 aromatic heterocycles. The molecule has 0 unspecified atom stereocenters. The van der Waals surface area contributed by atoms with Gasteiger partial charge in [0.1, 0.15) is 6.61 Å². The Morgan fingerprint density at radius 2 is 0.984 bits per heavy atom. The van der Waals surface area contributed by atoms with Gasteiger partial charge >= 0.3 is 11.9 Å². The number of carbonyl (C=O) groups excluding carboxylic acids is 1. The molecule has 2 fully saturated rings. The van der Waals surface area contributed by atoms with Crippen molar-refractivity contribution < 1.29 is 49.4 Å². The molecular weight excluding hydrogens is 832 g/mol. The minimum Gasteiger partial charge on any atom is -1.00 e. The first-order valence-electron chi connectivity index (χ1n) is 24.1. The Morgan fingerprint density at radius 3 is 1.37 bits per heavy atom. The third kappa shape index (κ3) is 21.4. The lowest BCUT2D eigenvalue weighted by atomic mass is 9.77. The van der Waals surface area contributed by atoms with Gasteiger partial charge in [-0.3, -0.25) is 0 Å². The number of nitrogens with zero attached hydrogens (tertiary/aromatic N) is 4. The lowest BCUT2D eigenvalue weighted by Crippen LogP contribution is -3.00. The number of β-amino-alcohol motifs (C(OH)–C–C–N with tert-alkyl or cyclic N) is 1. The summed E-state index contributed by atoms with van der Waals surface area (Å²) in [6, 6.07) is 15.7. The van der Waals surface area contributed by atoms with Crippen LogP contribution in [0.1, 0.15) is 186 Å². The number of carbonyl (C=O) groups is 2. The van der Waals surface area contributed by atoms with Crippen LogP contribution in [0.25, 0.3) is 0 Å². The number of carboxylic acids is 1. The van der Waals surface area contributed by atoms with Gasteiger partial charge in [-0.25, -0.2) is 9.59 Å². The molecule has 2 saturated carbocycles. The Kier molecular flexibility index (Phi) is 28.6. The fourth-order valence-electron chi connectivity index (χ4n) is 9.37. The van der Waals surface area contributed by atoms with E-state index in [1.807, 2.05) is 63.2 Å². The topological polar surface area (TPSA) is 96.8 Å². The molecule has 9 nitrogen and oxygen atoms in total. The van der Waals surface area contributed by atoms with Crippen molar-refractivity contribution in [2.75, 3.05) is 53.7 Å². The maximum atomic E-state index is 12.3. The zero-order valence-corrected chi connectivity index (χ0v) is 40.8. The molecule has 2 aromatic rings. The van der Waals surface area contributed by atoms with E-state index in [-0.39, 0.29) is 37.4 Å². The van der Waals surface area contributed by atoms with E-state index in [9.17, 15) is 9.59 Å². The van der Waals surface area contributed by atoms with Crippen molar-refractivity contribution in [2.24, 2.45) is 11.8 Å². The van der Waals surface area contributed by atoms with Crippen molar-refractivity contribution in [3.8, 4) is 0 Å². The highest BCUT2D eigenvalue weighted by atomic mass is 35.5. The number of halogens is 2. The number of rotatable bonds is 21. The highest BCUT2D eigenvalue weighted by molar-refractivity contribution is 5.89. The summed E-state index contributed by atoms with van der Waals surface area (Å²) < 4.78 is 5.45. The Bertz CT molecular complexity index is 1560. The van der Waals surface area contributed by atoms with Crippen molar-refractivity contribution in [2.45, 2.75) is 154 Å². The summed E-state index contributed by atoms with van der Waals surface area (Å²) >= 11 is 0. The van der Waals surface area contributed by atoms with Crippen LogP contribution >= 0.6 is 0 Å². The van der Waals surface area contributed by atoms with Crippen molar-refractivity contribution in [1.29, 1.82) is 0 Å². The molecule has 0 amide bonds. The zero-order valence-electron chi connectivity index (χ0n) is 39.3. The quantitative estimate of drug-likeness (QED) is 0.119. The molecule has 0 spiro atoms. The Labute approximate surface area is 394 Å². The number of hydrogen-bond acceptors (Lipinski definition) is 8. The smallest absolute Gasteiger partial charge is 0.338 e. The van der Waals surface area contributed by atoms with E-state index in [4.69, 9.17) is 14.9 Å². The number of aromatic carboxylic acids is 1. The molecule has 356 valence electrons. The van der Waals surface area contributed by atoms with Crippen LogP contribution in [0.5, 0.6) is 0 Å². The van der Waals surface area contributed by atoms with E-state index in [0.29, 0.717) is 29.6 Å². The summed E-state index contributed by atoms with van der Waals surface area (Å²) in [4.78, 5) is 31.6. The lowest BCUT2D eigenvalue weighted by molar-refractivity contribution is -0.001000. The molecule has 2 N–H and O–H groups in total. The van der Waals surface area contributed by atoms with Crippen molar-refractivity contribution in [3.63, 3.8) is 0 Å². The summed E-state index contributed by atoms with van der Waals surface area (Å²) in [5.41, 5.74) is 3.77. The van der Waals surface area contributed by atoms with Gasteiger partial charge in [0.05, 0.1) is 37.6 Å². The van der Waals surface area contributed by atoms with Crippen LogP contribution in [-0.4, -0.2) is 95.5 Å². The number of esters is 1. The monoisotopic (exact) mass is 913 g/mol. The number of ether oxygens (including phenoxy) is 1. The zero-order chi connectivity index (χ0) is 43.7. The van der Waals surface area contributed by atoms with E-state index >= 15 is 0 Å². The predicted octanol–water partition coefficient (Wildman–Crippen LogP) is 5.84. The largest absolute Gasteiger partial charge is 1.00 e. The number of aliphatic hydroxyl groups is 1. The minimum absolute atomic E-state index is 0. The summed E-state index contributed by atoms with van der Waals surface area (Å²) in [6.07, 6.45) is 35.3. The van der Waals surface area contributed by atoms with Crippen LogP contribution in [0.15, 0.2) is 73.3 Å². The second-order valence-corrected chi connectivity index (χ2v) is 18.3. The first-order chi connectivity index (χ1) is 29.7. The van der Waals surface area contributed by atoms with Gasteiger partial charge in [0.15, 0.2) is 0 Å².